The molecule has 46 heavy (non-hydrogen) atoms. The molecule has 0 bridgehead atoms. The fraction of sp³-hybridized carbons (Fsp3) is 0.300. The normalized spacial score (nSPS) is 18.9. The summed E-state index contributed by atoms with van der Waals surface area (Å²) in [7, 11) is 30.2. The first kappa shape index (κ1) is 33.8. The van der Waals surface area contributed by atoms with Gasteiger partial charge in [-0.05, 0) is 0 Å². The summed E-state index contributed by atoms with van der Waals surface area (Å²) in [6.45, 7) is 9.42. The van der Waals surface area contributed by atoms with E-state index in [1.807, 2.05) is 0 Å². The second-order valence-electron chi connectivity index (χ2n) is 15.8. The van der Waals surface area contributed by atoms with Crippen molar-refractivity contribution in [1.82, 2.24) is 8.97 Å². The number of allylic oxidation sites excluding steroid dienone is 2. The van der Waals surface area contributed by atoms with Crippen LogP contribution in [0.25, 0.3) is 34.4 Å². The van der Waals surface area contributed by atoms with Crippen LogP contribution < -0.4 is 8.97 Å². The molecular formula is C40H49Cl2HfN2Si+2. The molecule has 2 unspecified atom stereocenters. The average Bonchev–Trinajstić information content (AvgIpc) is 3.52. The first-order chi connectivity index (χ1) is 21.4. The van der Waals surface area contributed by atoms with Gasteiger partial charge in [0.25, 0.3) is 0 Å². The van der Waals surface area contributed by atoms with E-state index in [9.17, 15) is 0 Å². The molecule has 6 rings (SSSR count). The van der Waals surface area contributed by atoms with Gasteiger partial charge in [0, 0.05) is 0 Å². The van der Waals surface area contributed by atoms with Gasteiger partial charge < -0.3 is 0 Å². The monoisotopic (exact) mass is 835 g/mol. The van der Waals surface area contributed by atoms with Crippen molar-refractivity contribution in [2.45, 2.75) is 34.3 Å². The van der Waals surface area contributed by atoms with E-state index in [4.69, 9.17) is 17.2 Å². The zero-order valence-corrected chi connectivity index (χ0v) is 35.4. The molecule has 2 atom stereocenters. The zero-order chi connectivity index (χ0) is 33.4. The summed E-state index contributed by atoms with van der Waals surface area (Å²) in [5.74, 6) is -1.58. The molecule has 0 aliphatic heterocycles. The fourth-order valence-electron chi connectivity index (χ4n) is 8.08. The number of hydrogen-bond acceptors (Lipinski definition) is 0. The maximum absolute atomic E-state index is 8.49. The van der Waals surface area contributed by atoms with Crippen molar-refractivity contribution in [3.8, 4) is 22.3 Å². The SMILES string of the molecule is CC1=Cc2c(-c3ccc([N+](C)(C)C)cc3)cccc2[CH]1[Hf]([Cl])([Cl])([CH]1C(C)=Cc2c(-c3ccc([N+](C)(C)C)cc3)cccc21)[SiH](C)C. The van der Waals surface area contributed by atoms with Crippen LogP contribution in [0.3, 0.4) is 0 Å². The van der Waals surface area contributed by atoms with E-state index in [1.54, 1.807) is 0 Å². The average molecular weight is 835 g/mol. The summed E-state index contributed by atoms with van der Waals surface area (Å²) in [5, 5.41) is 0. The van der Waals surface area contributed by atoms with Gasteiger partial charge in [-0.3, -0.25) is 0 Å². The van der Waals surface area contributed by atoms with E-state index in [0.717, 1.165) is 8.97 Å². The Labute approximate surface area is 286 Å². The Hall–Kier alpha value is -2.05. The molecule has 2 aliphatic carbocycles. The number of benzene rings is 4. The number of fused-ring (bicyclic) bond motifs is 2. The van der Waals surface area contributed by atoms with Crippen LogP contribution in [0.15, 0.2) is 96.1 Å². The Morgan fingerprint density at radius 3 is 1.20 bits per heavy atom. The number of hydrogen-bond donors (Lipinski definition) is 0. The van der Waals surface area contributed by atoms with Gasteiger partial charge in [-0.25, -0.2) is 0 Å². The van der Waals surface area contributed by atoms with E-state index >= 15 is 0 Å². The zero-order valence-electron chi connectivity index (χ0n) is 29.1. The molecule has 0 fully saturated rings. The number of halogens is 2. The quantitative estimate of drug-likeness (QED) is 0.129. The third-order valence-corrected chi connectivity index (χ3v) is 84.1. The molecule has 0 saturated heterocycles. The number of quaternary nitrogens is 2. The Balaban J connectivity index is 1.47. The van der Waals surface area contributed by atoms with Gasteiger partial charge in [0.2, 0.25) is 0 Å². The van der Waals surface area contributed by atoms with E-state index in [2.05, 4.69) is 166 Å². The van der Waals surface area contributed by atoms with Crippen LogP contribution in [-0.2, 0) is 15.3 Å². The van der Waals surface area contributed by atoms with Gasteiger partial charge in [0.05, 0.1) is 0 Å². The van der Waals surface area contributed by atoms with Gasteiger partial charge >= 0.3 is 288 Å². The van der Waals surface area contributed by atoms with E-state index in [1.165, 1.54) is 67.0 Å². The molecule has 6 heteroatoms. The van der Waals surface area contributed by atoms with Crippen molar-refractivity contribution in [3.63, 3.8) is 0 Å². The Bertz CT molecular complexity index is 1760. The van der Waals surface area contributed by atoms with Gasteiger partial charge in [-0.2, -0.15) is 0 Å². The third kappa shape index (κ3) is 5.42. The molecule has 4 aromatic carbocycles. The van der Waals surface area contributed by atoms with Crippen LogP contribution in [0.5, 0.6) is 0 Å². The second-order valence-corrected chi connectivity index (χ2v) is 75.0. The summed E-state index contributed by atoms with van der Waals surface area (Å²) >= 11 is -4.88. The molecule has 2 aliphatic rings. The van der Waals surface area contributed by atoms with Crippen LogP contribution >= 0.6 is 17.2 Å². The topological polar surface area (TPSA) is 0 Å². The predicted octanol–water partition coefficient (Wildman–Crippen LogP) is 11.0. The summed E-state index contributed by atoms with van der Waals surface area (Å²) in [6.07, 6.45) is 4.81. The first-order valence-electron chi connectivity index (χ1n) is 16.5. The van der Waals surface area contributed by atoms with E-state index in [0.29, 0.717) is 0 Å². The summed E-state index contributed by atoms with van der Waals surface area (Å²) in [5.41, 5.74) is 15.5. The summed E-state index contributed by atoms with van der Waals surface area (Å²) in [6, 6.07) is 31.7. The number of rotatable bonds is 7. The van der Waals surface area contributed by atoms with E-state index in [-0.39, 0.29) is 7.35 Å². The predicted molar refractivity (Wildman–Crippen MR) is 206 cm³/mol. The maximum atomic E-state index is 8.49. The van der Waals surface area contributed by atoms with Crippen LogP contribution in [0.1, 0.15) is 43.5 Å². The molecular weight excluding hydrogens is 786 g/mol. The summed E-state index contributed by atoms with van der Waals surface area (Å²) in [4.78, 5) is 0. The Morgan fingerprint density at radius 1 is 0.543 bits per heavy atom. The Morgan fingerprint density at radius 2 is 0.891 bits per heavy atom. The van der Waals surface area contributed by atoms with Crippen molar-refractivity contribution in [2.24, 2.45) is 0 Å². The van der Waals surface area contributed by atoms with Crippen LogP contribution in [-0.4, -0.2) is 48.3 Å². The van der Waals surface area contributed by atoms with Gasteiger partial charge in [-0.15, -0.1) is 0 Å². The second kappa shape index (κ2) is 11.5. The van der Waals surface area contributed by atoms with Crippen molar-refractivity contribution in [1.29, 1.82) is 0 Å². The van der Waals surface area contributed by atoms with Gasteiger partial charge in [0.15, 0.2) is 0 Å². The molecule has 0 N–H and O–H groups in total. The minimum atomic E-state index is -4.88. The first-order valence-corrected chi connectivity index (χ1v) is 38.6. The molecule has 239 valence electrons. The number of nitrogens with zero attached hydrogens (tertiary/aromatic N) is 2. The molecule has 0 heterocycles. The third-order valence-electron chi connectivity index (χ3n) is 10.7. The van der Waals surface area contributed by atoms with Crippen molar-refractivity contribution >= 4 is 46.7 Å². The molecule has 0 radical (unpaired) electrons. The van der Waals surface area contributed by atoms with E-state index < -0.39 is 21.3 Å². The van der Waals surface area contributed by atoms with Crippen LogP contribution in [0.2, 0.25) is 13.1 Å². The van der Waals surface area contributed by atoms with Crippen LogP contribution in [0.4, 0.5) is 11.4 Å². The van der Waals surface area contributed by atoms with Crippen molar-refractivity contribution in [3.05, 3.63) is 118 Å². The van der Waals surface area contributed by atoms with Gasteiger partial charge in [-0.1, -0.05) is 0 Å². The van der Waals surface area contributed by atoms with Crippen molar-refractivity contribution < 1.29 is 15.3 Å². The Kier molecular flexibility index (Phi) is 8.48. The molecule has 0 spiro atoms. The van der Waals surface area contributed by atoms with Crippen LogP contribution in [0, 0.1) is 0 Å². The van der Waals surface area contributed by atoms with Gasteiger partial charge in [0.1, 0.15) is 0 Å². The minimum absolute atomic E-state index is 0.0965. The molecule has 4 aromatic rings. The molecule has 0 amide bonds. The fourth-order valence-corrected chi connectivity index (χ4v) is 54.6. The molecule has 0 saturated carbocycles. The molecule has 0 aromatic heterocycles. The summed E-state index contributed by atoms with van der Waals surface area (Å²) < 4.78 is 1.78. The molecule has 2 nitrogen and oxygen atoms in total. The van der Waals surface area contributed by atoms with Crippen molar-refractivity contribution in [2.75, 3.05) is 42.3 Å². The standard InChI is InChI=1S/2C19H21N.C2H7Si.2ClH.Hf/c2*1-14-12-16-6-5-7-18(19(16)13-14)15-8-10-17(11-9-15)20(2,3)4;1-3-2;;;/h2*5-13H,1-4H3;3H,1-2H3;2*1H;/q2*+1;;;;+2/p-2.